The minimum absolute atomic E-state index is 0.0294. The Balaban J connectivity index is 1.29. The second-order valence-electron chi connectivity index (χ2n) is 12.8. The van der Waals surface area contributed by atoms with Gasteiger partial charge in [-0.2, -0.15) is 0 Å². The van der Waals surface area contributed by atoms with Crippen molar-refractivity contribution in [3.05, 3.63) is 102 Å². The summed E-state index contributed by atoms with van der Waals surface area (Å²) in [5.41, 5.74) is 5.58. The lowest BCUT2D eigenvalue weighted by Gasteiger charge is -2.45. The van der Waals surface area contributed by atoms with E-state index < -0.39 is 8.32 Å². The zero-order valence-corrected chi connectivity index (χ0v) is 26.0. The van der Waals surface area contributed by atoms with Gasteiger partial charge in [0.1, 0.15) is 6.61 Å². The summed E-state index contributed by atoms with van der Waals surface area (Å²) in [5, 5.41) is 1.23. The number of ether oxygens (including phenoxy) is 1. The van der Waals surface area contributed by atoms with E-state index in [1.165, 1.54) is 5.56 Å². The smallest absolute Gasteiger partial charge is 0.410 e. The van der Waals surface area contributed by atoms with Crippen molar-refractivity contribution in [1.29, 1.82) is 0 Å². The van der Waals surface area contributed by atoms with Gasteiger partial charge in [0.25, 0.3) is 0 Å². The zero-order valence-electron chi connectivity index (χ0n) is 25.0. The number of likely N-dealkylation sites (tertiary alicyclic amines) is 1. The molecule has 4 aromatic rings. The van der Waals surface area contributed by atoms with E-state index in [1.54, 1.807) is 0 Å². The van der Waals surface area contributed by atoms with Crippen LogP contribution in [-0.4, -0.2) is 43.5 Å². The van der Waals surface area contributed by atoms with Crippen molar-refractivity contribution in [2.45, 2.75) is 64.5 Å². The van der Waals surface area contributed by atoms with Gasteiger partial charge in [-0.25, -0.2) is 4.79 Å². The Labute approximate surface area is 245 Å². The molecule has 1 aliphatic rings. The highest BCUT2D eigenvalue weighted by molar-refractivity contribution is 6.74. The highest BCUT2D eigenvalue weighted by Gasteiger charge is 2.43. The molecular formula is C35H42N2O3Si. The molecule has 1 amide bonds. The molecule has 3 aromatic carbocycles. The summed E-state index contributed by atoms with van der Waals surface area (Å²) < 4.78 is 12.7. The number of aromatic nitrogens is 1. The summed E-state index contributed by atoms with van der Waals surface area (Å²) >= 11 is 0. The summed E-state index contributed by atoms with van der Waals surface area (Å²) in [6.45, 7) is 12.9. The lowest BCUT2D eigenvalue weighted by atomic mass is 9.87. The van der Waals surface area contributed by atoms with Gasteiger partial charge >= 0.3 is 6.09 Å². The maximum absolute atomic E-state index is 13.1. The maximum atomic E-state index is 13.1. The van der Waals surface area contributed by atoms with Gasteiger partial charge in [-0.05, 0) is 65.7 Å². The first-order chi connectivity index (χ1) is 19.6. The minimum Gasteiger partial charge on any atom is -0.445 e. The average Bonchev–Trinajstić information content (AvgIpc) is 2.96. The number of pyridine rings is 1. The van der Waals surface area contributed by atoms with E-state index in [1.807, 2.05) is 59.6 Å². The normalized spacial score (nSPS) is 17.9. The largest absolute Gasteiger partial charge is 0.445 e. The van der Waals surface area contributed by atoms with Crippen molar-refractivity contribution < 1.29 is 14.0 Å². The number of para-hydroxylation sites is 1. The lowest BCUT2D eigenvalue weighted by molar-refractivity contribution is 0.0200. The van der Waals surface area contributed by atoms with Crippen LogP contribution in [0.4, 0.5) is 4.79 Å². The fourth-order valence-electron chi connectivity index (χ4n) is 5.23. The van der Waals surface area contributed by atoms with Gasteiger partial charge in [0.2, 0.25) is 0 Å². The number of amides is 1. The van der Waals surface area contributed by atoms with Crippen LogP contribution in [0.2, 0.25) is 18.1 Å². The van der Waals surface area contributed by atoms with Crippen molar-refractivity contribution in [3.8, 4) is 11.1 Å². The number of piperidine rings is 1. The quantitative estimate of drug-likeness (QED) is 0.211. The maximum Gasteiger partial charge on any atom is 0.410 e. The molecule has 0 spiro atoms. The van der Waals surface area contributed by atoms with Crippen LogP contribution >= 0.6 is 0 Å². The number of rotatable bonds is 7. The fourth-order valence-corrected chi connectivity index (χ4v) is 6.61. The van der Waals surface area contributed by atoms with Crippen LogP contribution in [0.15, 0.2) is 91.1 Å². The Morgan fingerprint density at radius 2 is 1.63 bits per heavy atom. The van der Waals surface area contributed by atoms with Crippen LogP contribution in [0.3, 0.4) is 0 Å². The molecule has 0 saturated carbocycles. The van der Waals surface area contributed by atoms with Gasteiger partial charge in [-0.15, -0.1) is 0 Å². The third kappa shape index (κ3) is 7.06. The second-order valence-corrected chi connectivity index (χ2v) is 17.5. The summed E-state index contributed by atoms with van der Waals surface area (Å²) in [6, 6.07) is 29.1. The van der Waals surface area contributed by atoms with Crippen LogP contribution in [0, 0.1) is 5.92 Å². The number of carbonyl (C=O) groups excluding carboxylic acids is 1. The second kappa shape index (κ2) is 12.2. The third-order valence-electron chi connectivity index (χ3n) is 8.79. The van der Waals surface area contributed by atoms with Crippen LogP contribution < -0.4 is 0 Å². The first-order valence-electron chi connectivity index (χ1n) is 14.7. The molecule has 2 heterocycles. The Bertz CT molecular complexity index is 1460. The fraction of sp³-hybridized carbons (Fsp3) is 0.371. The van der Waals surface area contributed by atoms with Crippen LogP contribution in [0.5, 0.6) is 0 Å². The topological polar surface area (TPSA) is 51.7 Å². The molecule has 0 N–H and O–H groups in total. The molecule has 5 nitrogen and oxygen atoms in total. The van der Waals surface area contributed by atoms with Gasteiger partial charge in [-0.3, -0.25) is 4.98 Å². The molecule has 2 atom stereocenters. The Hall–Kier alpha value is -3.48. The van der Waals surface area contributed by atoms with Crippen molar-refractivity contribution in [3.63, 3.8) is 0 Å². The SMILES string of the molecule is CC(C)(C)[Si](C)(C)O[C@@H]1CN(C(=O)OCc2ccccc2)CC[C@H]1Cc1ccc(-c2cnc3ccccc3c2)cc1. The number of carbonyl (C=O) groups is 1. The van der Waals surface area contributed by atoms with E-state index in [0.29, 0.717) is 19.0 Å². The molecule has 5 rings (SSSR count). The molecule has 41 heavy (non-hydrogen) atoms. The highest BCUT2D eigenvalue weighted by atomic mass is 28.4. The van der Waals surface area contributed by atoms with Gasteiger partial charge in [0.15, 0.2) is 8.32 Å². The van der Waals surface area contributed by atoms with Crippen LogP contribution in [0.1, 0.15) is 38.3 Å². The van der Waals surface area contributed by atoms with E-state index >= 15 is 0 Å². The van der Waals surface area contributed by atoms with Crippen LogP contribution in [-0.2, 0) is 22.2 Å². The number of fused-ring (bicyclic) bond motifs is 1. The first kappa shape index (κ1) is 29.0. The van der Waals surface area contributed by atoms with Gasteiger partial charge in [-0.1, -0.05) is 93.6 Å². The molecule has 0 unspecified atom stereocenters. The summed E-state index contributed by atoms with van der Waals surface area (Å²) in [5.74, 6) is 0.329. The Kier molecular flexibility index (Phi) is 8.62. The van der Waals surface area contributed by atoms with Crippen molar-refractivity contribution >= 4 is 25.3 Å². The standard InChI is InChI=1S/C35H42N2O3Si/c1-35(2,3)41(4,5)40-33-24-37(34(38)39-25-27-11-7-6-8-12-27)20-19-30(33)21-26-15-17-28(18-16-26)31-22-29-13-9-10-14-32(29)36-23-31/h6-18,22-23,30,33H,19-21,24-25H2,1-5H3/t30-,33+/m0/s1. The highest BCUT2D eigenvalue weighted by Crippen LogP contribution is 2.39. The monoisotopic (exact) mass is 566 g/mol. The molecule has 1 aromatic heterocycles. The van der Waals surface area contributed by atoms with Gasteiger partial charge in [0, 0.05) is 30.2 Å². The van der Waals surface area contributed by atoms with Crippen molar-refractivity contribution in [2.24, 2.45) is 5.92 Å². The lowest BCUT2D eigenvalue weighted by Crippen LogP contribution is -2.54. The summed E-state index contributed by atoms with van der Waals surface area (Å²) in [6.07, 6.45) is 3.47. The van der Waals surface area contributed by atoms with E-state index in [0.717, 1.165) is 40.4 Å². The molecule has 1 aliphatic heterocycles. The number of hydrogen-bond donors (Lipinski definition) is 0. The van der Waals surface area contributed by atoms with Crippen LogP contribution in [0.25, 0.3) is 22.0 Å². The molecule has 6 heteroatoms. The molecule has 0 aliphatic carbocycles. The minimum atomic E-state index is -2.05. The average molecular weight is 567 g/mol. The zero-order chi connectivity index (χ0) is 29.0. The number of nitrogens with zero attached hydrogens (tertiary/aromatic N) is 2. The molecule has 1 fully saturated rings. The predicted octanol–water partition coefficient (Wildman–Crippen LogP) is 8.49. The molecule has 0 radical (unpaired) electrons. The predicted molar refractivity (Wildman–Crippen MR) is 169 cm³/mol. The summed E-state index contributed by atoms with van der Waals surface area (Å²) in [7, 11) is -2.05. The Morgan fingerprint density at radius 3 is 2.37 bits per heavy atom. The number of hydrogen-bond acceptors (Lipinski definition) is 4. The number of benzene rings is 3. The van der Waals surface area contributed by atoms with Crippen molar-refractivity contribution in [1.82, 2.24) is 9.88 Å². The first-order valence-corrected chi connectivity index (χ1v) is 17.6. The van der Waals surface area contributed by atoms with E-state index in [9.17, 15) is 4.79 Å². The summed E-state index contributed by atoms with van der Waals surface area (Å²) in [4.78, 5) is 19.5. The molecule has 214 valence electrons. The Morgan fingerprint density at radius 1 is 0.927 bits per heavy atom. The van der Waals surface area contributed by atoms with E-state index in [4.69, 9.17) is 9.16 Å². The molecular weight excluding hydrogens is 524 g/mol. The van der Waals surface area contributed by atoms with E-state index in [2.05, 4.69) is 75.2 Å². The van der Waals surface area contributed by atoms with Crippen molar-refractivity contribution in [2.75, 3.05) is 13.1 Å². The molecule has 1 saturated heterocycles. The van der Waals surface area contributed by atoms with E-state index in [-0.39, 0.29) is 23.8 Å². The third-order valence-corrected chi connectivity index (χ3v) is 13.3. The van der Waals surface area contributed by atoms with Gasteiger partial charge in [0.05, 0.1) is 11.6 Å². The van der Waals surface area contributed by atoms with Gasteiger partial charge < -0.3 is 14.1 Å². The molecule has 0 bridgehead atoms.